The van der Waals surface area contributed by atoms with Crippen molar-refractivity contribution in [2.75, 3.05) is 13.2 Å². The maximum Gasteiger partial charge on any atom is 0.119 e. The van der Waals surface area contributed by atoms with Gasteiger partial charge >= 0.3 is 0 Å². The molecule has 2 N–H and O–H groups in total. The molecule has 0 fully saturated rings. The highest BCUT2D eigenvalue weighted by Gasteiger charge is 2.23. The van der Waals surface area contributed by atoms with Crippen molar-refractivity contribution < 1.29 is 4.74 Å². The number of thiazole rings is 1. The number of hydrogen-bond donors (Lipinski definition) is 1. The second-order valence-electron chi connectivity index (χ2n) is 6.19. The Labute approximate surface area is 137 Å². The molecule has 0 aliphatic rings. The van der Waals surface area contributed by atoms with Crippen molar-refractivity contribution in [2.45, 2.75) is 44.9 Å². The van der Waals surface area contributed by atoms with Crippen LogP contribution in [0.2, 0.25) is 0 Å². The molecule has 2 rings (SSSR count). The van der Waals surface area contributed by atoms with Gasteiger partial charge in [-0.3, -0.25) is 0 Å². The zero-order valence-electron chi connectivity index (χ0n) is 13.5. The summed E-state index contributed by atoms with van der Waals surface area (Å²) < 4.78 is 5.74. The van der Waals surface area contributed by atoms with Crippen LogP contribution in [0, 0.1) is 0 Å². The van der Waals surface area contributed by atoms with Gasteiger partial charge in [-0.2, -0.15) is 0 Å². The van der Waals surface area contributed by atoms with E-state index in [0.717, 1.165) is 43.7 Å². The van der Waals surface area contributed by atoms with Crippen LogP contribution >= 0.6 is 11.3 Å². The molecule has 0 aliphatic heterocycles. The van der Waals surface area contributed by atoms with Gasteiger partial charge in [0.25, 0.3) is 0 Å². The van der Waals surface area contributed by atoms with Crippen LogP contribution in [-0.4, -0.2) is 18.1 Å². The lowest BCUT2D eigenvalue weighted by atomic mass is 9.88. The molecule has 4 heteroatoms. The molecule has 0 radical (unpaired) electrons. The van der Waals surface area contributed by atoms with Crippen LogP contribution in [0.5, 0.6) is 5.75 Å². The molecule has 3 nitrogen and oxygen atoms in total. The number of unbranched alkanes of at least 4 members (excludes halogenated alkanes) is 1. The zero-order chi connectivity index (χ0) is 15.8. The Hall–Kier alpha value is -1.39. The van der Waals surface area contributed by atoms with Crippen LogP contribution in [0.25, 0.3) is 0 Å². The third-order valence-corrected chi connectivity index (χ3v) is 5.00. The third-order valence-electron chi connectivity index (χ3n) is 3.74. The van der Waals surface area contributed by atoms with E-state index in [2.05, 4.69) is 19.2 Å². The van der Waals surface area contributed by atoms with E-state index < -0.39 is 0 Å². The highest BCUT2D eigenvalue weighted by molar-refractivity contribution is 7.09. The summed E-state index contributed by atoms with van der Waals surface area (Å²) in [7, 11) is 0. The number of nitrogens with zero attached hydrogens (tertiary/aromatic N) is 1. The Morgan fingerprint density at radius 3 is 2.68 bits per heavy atom. The third kappa shape index (κ3) is 5.11. The van der Waals surface area contributed by atoms with Gasteiger partial charge in [-0.05, 0) is 37.9 Å². The summed E-state index contributed by atoms with van der Waals surface area (Å²) in [5.74, 6) is 0.952. The normalized spacial score (nSPS) is 11.6. The van der Waals surface area contributed by atoms with Crippen molar-refractivity contribution in [2.24, 2.45) is 5.73 Å². The largest absolute Gasteiger partial charge is 0.494 e. The van der Waals surface area contributed by atoms with E-state index in [4.69, 9.17) is 15.5 Å². The van der Waals surface area contributed by atoms with Gasteiger partial charge in [0, 0.05) is 17.2 Å². The van der Waals surface area contributed by atoms with E-state index >= 15 is 0 Å². The molecular formula is C18H26N2OS. The number of nitrogens with two attached hydrogens (primary N) is 1. The molecule has 0 spiro atoms. The SMILES string of the molecule is CC(C)(CCCCOc1ccccc1)c1nc(CCN)cs1. The van der Waals surface area contributed by atoms with E-state index in [1.54, 1.807) is 11.3 Å². The highest BCUT2D eigenvalue weighted by Crippen LogP contribution is 2.31. The predicted octanol–water partition coefficient (Wildman–Crippen LogP) is 4.17. The average molecular weight is 318 g/mol. The van der Waals surface area contributed by atoms with Gasteiger partial charge in [0.2, 0.25) is 0 Å². The van der Waals surface area contributed by atoms with Crippen LogP contribution < -0.4 is 10.5 Å². The van der Waals surface area contributed by atoms with E-state index in [1.807, 2.05) is 30.3 Å². The van der Waals surface area contributed by atoms with Crippen molar-refractivity contribution >= 4 is 11.3 Å². The van der Waals surface area contributed by atoms with Crippen molar-refractivity contribution in [3.63, 3.8) is 0 Å². The fourth-order valence-electron chi connectivity index (χ4n) is 2.36. The molecule has 0 unspecified atom stereocenters. The lowest BCUT2D eigenvalue weighted by molar-refractivity contribution is 0.297. The first kappa shape index (κ1) is 17.0. The van der Waals surface area contributed by atoms with Gasteiger partial charge in [0.05, 0.1) is 17.3 Å². The van der Waals surface area contributed by atoms with Gasteiger partial charge in [0.1, 0.15) is 5.75 Å². The van der Waals surface area contributed by atoms with Crippen LogP contribution in [0.3, 0.4) is 0 Å². The summed E-state index contributed by atoms with van der Waals surface area (Å²) in [5, 5.41) is 3.36. The molecule has 2 aromatic rings. The summed E-state index contributed by atoms with van der Waals surface area (Å²) >= 11 is 1.76. The van der Waals surface area contributed by atoms with Gasteiger partial charge < -0.3 is 10.5 Å². The monoisotopic (exact) mass is 318 g/mol. The minimum Gasteiger partial charge on any atom is -0.494 e. The molecule has 1 heterocycles. The molecule has 1 aromatic heterocycles. The second kappa shape index (κ2) is 8.30. The molecule has 1 aromatic carbocycles. The zero-order valence-corrected chi connectivity index (χ0v) is 14.4. The van der Waals surface area contributed by atoms with E-state index in [1.165, 1.54) is 5.01 Å². The Kier molecular flexibility index (Phi) is 6.40. The number of ether oxygens (including phenoxy) is 1. The molecule has 0 saturated carbocycles. The fourth-order valence-corrected chi connectivity index (χ4v) is 3.37. The summed E-state index contributed by atoms with van der Waals surface area (Å²) in [4.78, 5) is 4.73. The van der Waals surface area contributed by atoms with Gasteiger partial charge in [-0.25, -0.2) is 4.98 Å². The highest BCUT2D eigenvalue weighted by atomic mass is 32.1. The maximum atomic E-state index is 5.74. The lowest BCUT2D eigenvalue weighted by Crippen LogP contribution is -2.17. The first-order chi connectivity index (χ1) is 10.6. The van der Waals surface area contributed by atoms with E-state index in [0.29, 0.717) is 6.54 Å². The van der Waals surface area contributed by atoms with Crippen LogP contribution in [0.1, 0.15) is 43.8 Å². The molecule has 22 heavy (non-hydrogen) atoms. The minimum absolute atomic E-state index is 0.129. The summed E-state index contributed by atoms with van der Waals surface area (Å²) in [6.45, 7) is 5.99. The smallest absolute Gasteiger partial charge is 0.119 e. The summed E-state index contributed by atoms with van der Waals surface area (Å²) in [6, 6.07) is 10.00. The molecule has 0 atom stereocenters. The molecule has 120 valence electrons. The summed E-state index contributed by atoms with van der Waals surface area (Å²) in [5.41, 5.74) is 6.85. The van der Waals surface area contributed by atoms with Crippen molar-refractivity contribution in [1.82, 2.24) is 4.98 Å². The minimum atomic E-state index is 0.129. The lowest BCUT2D eigenvalue weighted by Gasteiger charge is -2.21. The van der Waals surface area contributed by atoms with Crippen molar-refractivity contribution in [1.29, 1.82) is 0 Å². The Bertz CT molecular complexity index is 551. The topological polar surface area (TPSA) is 48.1 Å². The van der Waals surface area contributed by atoms with Crippen LogP contribution in [-0.2, 0) is 11.8 Å². The number of aromatic nitrogens is 1. The molecule has 0 aliphatic carbocycles. The number of rotatable bonds is 9. The van der Waals surface area contributed by atoms with Gasteiger partial charge in [-0.15, -0.1) is 11.3 Å². The quantitative estimate of drug-likeness (QED) is 0.706. The first-order valence-corrected chi connectivity index (χ1v) is 8.82. The molecule has 0 amide bonds. The van der Waals surface area contributed by atoms with E-state index in [-0.39, 0.29) is 5.41 Å². The second-order valence-corrected chi connectivity index (χ2v) is 7.04. The Morgan fingerprint density at radius 1 is 1.18 bits per heavy atom. The van der Waals surface area contributed by atoms with E-state index in [9.17, 15) is 0 Å². The molecule has 0 bridgehead atoms. The number of hydrogen-bond acceptors (Lipinski definition) is 4. The van der Waals surface area contributed by atoms with Crippen molar-refractivity contribution in [3.05, 3.63) is 46.4 Å². The number of benzene rings is 1. The fraction of sp³-hybridized carbons (Fsp3) is 0.500. The predicted molar refractivity (Wildman–Crippen MR) is 93.7 cm³/mol. The standard InChI is InChI=1S/C18H26N2OS/c1-18(2,17-20-15(10-12-19)14-22-17)11-6-7-13-21-16-8-4-3-5-9-16/h3-5,8-9,14H,6-7,10-13,19H2,1-2H3. The summed E-state index contributed by atoms with van der Waals surface area (Å²) in [6.07, 6.45) is 4.21. The van der Waals surface area contributed by atoms with Crippen LogP contribution in [0.4, 0.5) is 0 Å². The number of para-hydroxylation sites is 1. The average Bonchev–Trinajstić information content (AvgIpc) is 2.98. The maximum absolute atomic E-state index is 5.74. The van der Waals surface area contributed by atoms with Crippen LogP contribution in [0.15, 0.2) is 35.7 Å². The van der Waals surface area contributed by atoms with Gasteiger partial charge in [0.15, 0.2) is 0 Å². The molecular weight excluding hydrogens is 292 g/mol. The Balaban J connectivity index is 1.72. The molecule has 0 saturated heterocycles. The van der Waals surface area contributed by atoms with Gasteiger partial charge in [-0.1, -0.05) is 32.0 Å². The van der Waals surface area contributed by atoms with Crippen molar-refractivity contribution in [3.8, 4) is 5.75 Å². The Morgan fingerprint density at radius 2 is 1.95 bits per heavy atom. The first-order valence-electron chi connectivity index (χ1n) is 7.94.